The van der Waals surface area contributed by atoms with Crippen LogP contribution in [0.25, 0.3) is 0 Å². The molecule has 3 rings (SSSR count). The highest BCUT2D eigenvalue weighted by molar-refractivity contribution is 6.21. The van der Waals surface area contributed by atoms with E-state index in [0.717, 1.165) is 4.90 Å². The van der Waals surface area contributed by atoms with Crippen LogP contribution >= 0.6 is 0 Å². The van der Waals surface area contributed by atoms with Crippen molar-refractivity contribution < 1.29 is 28.7 Å². The number of rotatable bonds is 6. The van der Waals surface area contributed by atoms with Gasteiger partial charge in [0.1, 0.15) is 19.3 Å². The normalized spacial score (nSPS) is 13.9. The van der Waals surface area contributed by atoms with E-state index in [4.69, 9.17) is 9.47 Å². The number of esters is 2. The van der Waals surface area contributed by atoms with Crippen LogP contribution in [0.4, 0.5) is 0 Å². The zero-order valence-electron chi connectivity index (χ0n) is 14.6. The minimum Gasteiger partial charge on any atom is -0.464 e. The van der Waals surface area contributed by atoms with Gasteiger partial charge < -0.3 is 9.47 Å². The van der Waals surface area contributed by atoms with Crippen molar-refractivity contribution in [3.63, 3.8) is 0 Å². The molecule has 7 heteroatoms. The fourth-order valence-corrected chi connectivity index (χ4v) is 2.78. The Labute approximate surface area is 155 Å². The van der Waals surface area contributed by atoms with E-state index in [1.54, 1.807) is 54.6 Å². The number of carbonyl (C=O) groups is 4. The van der Waals surface area contributed by atoms with Gasteiger partial charge in [0, 0.05) is 6.92 Å². The maximum atomic E-state index is 12.6. The zero-order valence-corrected chi connectivity index (χ0v) is 14.6. The van der Waals surface area contributed by atoms with Crippen LogP contribution in [0.1, 0.15) is 38.0 Å². The van der Waals surface area contributed by atoms with Crippen LogP contribution in [-0.2, 0) is 14.3 Å². The lowest BCUT2D eigenvalue weighted by atomic mass is 10.1. The number of fused-ring (bicyclic) bond motifs is 1. The van der Waals surface area contributed by atoms with Gasteiger partial charge in [0.25, 0.3) is 11.8 Å². The van der Waals surface area contributed by atoms with E-state index < -0.39 is 29.8 Å². The van der Waals surface area contributed by atoms with Crippen molar-refractivity contribution in [3.05, 3.63) is 71.3 Å². The molecule has 2 aromatic carbocycles. The quantitative estimate of drug-likeness (QED) is 0.574. The molecular weight excluding hydrogens is 350 g/mol. The summed E-state index contributed by atoms with van der Waals surface area (Å²) in [5.41, 5.74) is 0.875. The van der Waals surface area contributed by atoms with Crippen molar-refractivity contribution in [3.8, 4) is 0 Å². The zero-order chi connectivity index (χ0) is 19.4. The highest BCUT2D eigenvalue weighted by Gasteiger charge is 2.40. The average molecular weight is 367 g/mol. The van der Waals surface area contributed by atoms with Crippen LogP contribution in [-0.4, -0.2) is 47.9 Å². The Kier molecular flexibility index (Phi) is 5.30. The third kappa shape index (κ3) is 3.87. The van der Waals surface area contributed by atoms with Gasteiger partial charge in [-0.05, 0) is 24.3 Å². The number of imide groups is 1. The second-order valence-corrected chi connectivity index (χ2v) is 5.95. The highest BCUT2D eigenvalue weighted by atomic mass is 16.5. The molecule has 0 saturated heterocycles. The highest BCUT2D eigenvalue weighted by Crippen LogP contribution is 2.25. The number of nitrogens with zero attached hydrogens (tertiary/aromatic N) is 1. The van der Waals surface area contributed by atoms with E-state index in [2.05, 4.69) is 0 Å². The summed E-state index contributed by atoms with van der Waals surface area (Å²) in [6.45, 7) is 0.671. The molecule has 0 radical (unpaired) electrons. The van der Waals surface area contributed by atoms with E-state index in [-0.39, 0.29) is 24.3 Å². The van der Waals surface area contributed by atoms with Crippen LogP contribution in [0.2, 0.25) is 0 Å². The maximum absolute atomic E-state index is 12.6. The van der Waals surface area contributed by atoms with E-state index in [0.29, 0.717) is 5.56 Å². The van der Waals surface area contributed by atoms with Gasteiger partial charge in [0.2, 0.25) is 0 Å². The molecule has 0 bridgehead atoms. The summed E-state index contributed by atoms with van der Waals surface area (Å²) < 4.78 is 10.2. The van der Waals surface area contributed by atoms with E-state index in [1.807, 2.05) is 0 Å². The molecule has 1 unspecified atom stereocenters. The molecular formula is C20H17NO6. The second-order valence-electron chi connectivity index (χ2n) is 5.95. The molecule has 0 spiro atoms. The fraction of sp³-hybridized carbons (Fsp3) is 0.200. The minimum absolute atomic E-state index is 0.261. The number of hydrogen-bond donors (Lipinski definition) is 0. The number of carbonyl (C=O) groups excluding carboxylic acids is 4. The molecule has 0 fully saturated rings. The lowest BCUT2D eigenvalue weighted by molar-refractivity contribution is -0.142. The SMILES string of the molecule is CC(=O)OCC(COC(=O)c1ccccc1)N1C(=O)c2ccccc2C1=O. The number of amides is 2. The summed E-state index contributed by atoms with van der Waals surface area (Å²) in [6, 6.07) is 13.8. The largest absolute Gasteiger partial charge is 0.464 e. The van der Waals surface area contributed by atoms with Gasteiger partial charge in [-0.3, -0.25) is 19.3 Å². The summed E-state index contributed by atoms with van der Waals surface area (Å²) in [5, 5.41) is 0. The Morgan fingerprint density at radius 3 is 1.93 bits per heavy atom. The Morgan fingerprint density at radius 1 is 0.852 bits per heavy atom. The number of benzene rings is 2. The predicted octanol–water partition coefficient (Wildman–Crippen LogP) is 2.07. The summed E-state index contributed by atoms with van der Waals surface area (Å²) in [7, 11) is 0. The van der Waals surface area contributed by atoms with Gasteiger partial charge in [-0.1, -0.05) is 30.3 Å². The molecule has 0 aromatic heterocycles. The Bertz CT molecular complexity index is 857. The molecule has 1 aliphatic heterocycles. The topological polar surface area (TPSA) is 90.0 Å². The second kappa shape index (κ2) is 7.82. The van der Waals surface area contributed by atoms with Crippen molar-refractivity contribution in [1.82, 2.24) is 4.90 Å². The van der Waals surface area contributed by atoms with Gasteiger partial charge in [-0.25, -0.2) is 4.79 Å². The van der Waals surface area contributed by atoms with Crippen molar-refractivity contribution in [2.75, 3.05) is 13.2 Å². The van der Waals surface area contributed by atoms with Gasteiger partial charge in [0.15, 0.2) is 0 Å². The molecule has 0 saturated carbocycles. The monoisotopic (exact) mass is 367 g/mol. The summed E-state index contributed by atoms with van der Waals surface area (Å²) in [5.74, 6) is -2.18. The van der Waals surface area contributed by atoms with E-state index in [1.165, 1.54) is 6.92 Å². The molecule has 2 aromatic rings. The first-order valence-corrected chi connectivity index (χ1v) is 8.31. The molecule has 0 N–H and O–H groups in total. The first-order chi connectivity index (χ1) is 13.0. The number of hydrogen-bond acceptors (Lipinski definition) is 6. The smallest absolute Gasteiger partial charge is 0.338 e. The predicted molar refractivity (Wildman–Crippen MR) is 94.1 cm³/mol. The molecule has 2 amide bonds. The molecule has 27 heavy (non-hydrogen) atoms. The Morgan fingerprint density at radius 2 is 1.37 bits per heavy atom. The summed E-state index contributed by atoms with van der Waals surface area (Å²) >= 11 is 0. The van der Waals surface area contributed by atoms with Gasteiger partial charge in [-0.15, -0.1) is 0 Å². The van der Waals surface area contributed by atoms with Crippen LogP contribution in [0.15, 0.2) is 54.6 Å². The van der Waals surface area contributed by atoms with Crippen LogP contribution in [0.5, 0.6) is 0 Å². The van der Waals surface area contributed by atoms with Gasteiger partial charge in [-0.2, -0.15) is 0 Å². The third-order valence-electron chi connectivity index (χ3n) is 4.09. The standard InChI is InChI=1S/C20H17NO6/c1-13(22)26-11-15(12-27-20(25)14-7-3-2-4-8-14)21-18(23)16-9-5-6-10-17(16)19(21)24/h2-10,15H,11-12H2,1H3. The minimum atomic E-state index is -0.922. The fourth-order valence-electron chi connectivity index (χ4n) is 2.78. The molecule has 0 aliphatic carbocycles. The van der Waals surface area contributed by atoms with Crippen LogP contribution < -0.4 is 0 Å². The molecule has 1 aliphatic rings. The molecule has 1 heterocycles. The van der Waals surface area contributed by atoms with E-state index in [9.17, 15) is 19.2 Å². The van der Waals surface area contributed by atoms with Crippen molar-refractivity contribution in [2.24, 2.45) is 0 Å². The van der Waals surface area contributed by atoms with Crippen LogP contribution in [0.3, 0.4) is 0 Å². The Balaban J connectivity index is 1.78. The van der Waals surface area contributed by atoms with Crippen molar-refractivity contribution >= 4 is 23.8 Å². The lowest BCUT2D eigenvalue weighted by Crippen LogP contribution is -2.46. The molecule has 7 nitrogen and oxygen atoms in total. The van der Waals surface area contributed by atoms with Gasteiger partial charge in [0.05, 0.1) is 16.7 Å². The van der Waals surface area contributed by atoms with E-state index >= 15 is 0 Å². The van der Waals surface area contributed by atoms with Crippen LogP contribution in [0, 0.1) is 0 Å². The first kappa shape index (κ1) is 18.3. The summed E-state index contributed by atoms with van der Waals surface area (Å²) in [4.78, 5) is 49.6. The van der Waals surface area contributed by atoms with Gasteiger partial charge >= 0.3 is 11.9 Å². The third-order valence-corrected chi connectivity index (χ3v) is 4.09. The van der Waals surface area contributed by atoms with Crippen molar-refractivity contribution in [2.45, 2.75) is 13.0 Å². The maximum Gasteiger partial charge on any atom is 0.338 e. The lowest BCUT2D eigenvalue weighted by Gasteiger charge is -2.25. The summed E-state index contributed by atoms with van der Waals surface area (Å²) in [6.07, 6.45) is 0. The number of ether oxygens (including phenoxy) is 2. The molecule has 1 atom stereocenters. The first-order valence-electron chi connectivity index (χ1n) is 8.31. The Hall–Kier alpha value is -3.48. The average Bonchev–Trinajstić information content (AvgIpc) is 2.93. The van der Waals surface area contributed by atoms with Crippen molar-refractivity contribution in [1.29, 1.82) is 0 Å². The molecule has 138 valence electrons.